The smallest absolute Gasteiger partial charge is 0.287 e. The number of ketones is 1. The number of carbonyl (C=O) groups excluding carboxylic acids is 3. The van der Waals surface area contributed by atoms with E-state index in [0.717, 1.165) is 19.3 Å². The molecule has 0 heterocycles. The second kappa shape index (κ2) is 8.88. The van der Waals surface area contributed by atoms with Crippen molar-refractivity contribution in [3.63, 3.8) is 0 Å². The molecule has 0 aliphatic carbocycles. The quantitative estimate of drug-likeness (QED) is 0.445. The molecular weight excluding hydrogens is 208 g/mol. The summed E-state index contributed by atoms with van der Waals surface area (Å²) in [5.41, 5.74) is 4.92. The van der Waals surface area contributed by atoms with E-state index in [9.17, 15) is 14.4 Å². The van der Waals surface area contributed by atoms with Gasteiger partial charge in [0.25, 0.3) is 5.91 Å². The first-order valence-corrected chi connectivity index (χ1v) is 5.67. The lowest BCUT2D eigenvalue weighted by Crippen LogP contribution is -2.31. The topological polar surface area (TPSA) is 89.3 Å². The summed E-state index contributed by atoms with van der Waals surface area (Å²) in [6.45, 7) is 2.60. The number of primary amides is 1. The fourth-order valence-electron chi connectivity index (χ4n) is 1.21. The maximum Gasteiger partial charge on any atom is 0.287 e. The van der Waals surface area contributed by atoms with E-state index in [0.29, 0.717) is 13.0 Å². The number of amides is 2. The van der Waals surface area contributed by atoms with Crippen molar-refractivity contribution in [1.82, 2.24) is 5.32 Å². The number of nitrogens with one attached hydrogen (secondary N) is 1. The highest BCUT2D eigenvalue weighted by molar-refractivity contribution is 6.36. The van der Waals surface area contributed by atoms with Gasteiger partial charge in [-0.2, -0.15) is 0 Å². The number of hydrogen-bond donors (Lipinski definition) is 2. The molecule has 92 valence electrons. The molecule has 0 unspecified atom stereocenters. The predicted octanol–water partition coefficient (Wildman–Crippen LogP) is 0.517. The number of nitrogens with two attached hydrogens (primary N) is 1. The lowest BCUT2D eigenvalue weighted by Gasteiger charge is -2.03. The lowest BCUT2D eigenvalue weighted by molar-refractivity contribution is -0.138. The van der Waals surface area contributed by atoms with E-state index >= 15 is 0 Å². The standard InChI is InChI=1S/C11H20N2O3/c1-2-3-4-8-13-11(16)9(14)6-5-7-10(12)15/h2-8H2,1H3,(H2,12,15)(H,13,16). The normalized spacial score (nSPS) is 9.81. The first kappa shape index (κ1) is 14.6. The zero-order chi connectivity index (χ0) is 12.4. The average Bonchev–Trinajstić information content (AvgIpc) is 2.23. The third kappa shape index (κ3) is 7.96. The highest BCUT2D eigenvalue weighted by Crippen LogP contribution is 1.96. The second-order valence-electron chi connectivity index (χ2n) is 3.71. The molecule has 0 aromatic carbocycles. The fourth-order valence-corrected chi connectivity index (χ4v) is 1.21. The Bertz CT molecular complexity index is 252. The monoisotopic (exact) mass is 228 g/mol. The highest BCUT2D eigenvalue weighted by atomic mass is 16.2. The number of Topliss-reactive ketones (excluding diaryl/α,β-unsaturated/α-hetero) is 1. The number of carbonyl (C=O) groups is 3. The Labute approximate surface area is 95.8 Å². The minimum Gasteiger partial charge on any atom is -0.370 e. The summed E-state index contributed by atoms with van der Waals surface area (Å²) < 4.78 is 0. The van der Waals surface area contributed by atoms with Crippen molar-refractivity contribution in [3.8, 4) is 0 Å². The Morgan fingerprint density at radius 3 is 2.31 bits per heavy atom. The molecule has 0 aliphatic heterocycles. The van der Waals surface area contributed by atoms with Crippen molar-refractivity contribution in [3.05, 3.63) is 0 Å². The summed E-state index contributed by atoms with van der Waals surface area (Å²) in [7, 11) is 0. The van der Waals surface area contributed by atoms with E-state index in [1.807, 2.05) is 0 Å². The van der Waals surface area contributed by atoms with Crippen molar-refractivity contribution in [2.75, 3.05) is 6.54 Å². The second-order valence-corrected chi connectivity index (χ2v) is 3.71. The molecule has 0 radical (unpaired) electrons. The van der Waals surface area contributed by atoms with Crippen molar-refractivity contribution >= 4 is 17.6 Å². The van der Waals surface area contributed by atoms with Gasteiger partial charge in [0.05, 0.1) is 0 Å². The molecule has 0 bridgehead atoms. The Morgan fingerprint density at radius 2 is 1.75 bits per heavy atom. The summed E-state index contributed by atoms with van der Waals surface area (Å²) in [5.74, 6) is -1.48. The van der Waals surface area contributed by atoms with Gasteiger partial charge in [0, 0.05) is 19.4 Å². The number of hydrogen-bond acceptors (Lipinski definition) is 3. The highest BCUT2D eigenvalue weighted by Gasteiger charge is 2.12. The zero-order valence-electron chi connectivity index (χ0n) is 9.75. The van der Waals surface area contributed by atoms with Crippen LogP contribution >= 0.6 is 0 Å². The molecule has 0 aliphatic rings. The van der Waals surface area contributed by atoms with Crippen LogP contribution in [-0.2, 0) is 14.4 Å². The molecule has 5 nitrogen and oxygen atoms in total. The third-order valence-corrected chi connectivity index (χ3v) is 2.15. The van der Waals surface area contributed by atoms with Crippen molar-refractivity contribution in [2.24, 2.45) is 5.73 Å². The van der Waals surface area contributed by atoms with Crippen molar-refractivity contribution < 1.29 is 14.4 Å². The van der Waals surface area contributed by atoms with Crippen LogP contribution in [-0.4, -0.2) is 24.1 Å². The van der Waals surface area contributed by atoms with E-state index in [4.69, 9.17) is 5.73 Å². The van der Waals surface area contributed by atoms with Gasteiger partial charge in [0.1, 0.15) is 0 Å². The summed E-state index contributed by atoms with van der Waals surface area (Å²) >= 11 is 0. The summed E-state index contributed by atoms with van der Waals surface area (Å²) in [6, 6.07) is 0. The maximum atomic E-state index is 11.2. The molecule has 0 aromatic heterocycles. The summed E-state index contributed by atoms with van der Waals surface area (Å²) in [6.07, 6.45) is 3.57. The summed E-state index contributed by atoms with van der Waals surface area (Å²) in [5, 5.41) is 2.55. The average molecular weight is 228 g/mol. The molecule has 0 fully saturated rings. The predicted molar refractivity (Wildman–Crippen MR) is 60.6 cm³/mol. The molecular formula is C11H20N2O3. The fraction of sp³-hybridized carbons (Fsp3) is 0.727. The molecule has 0 saturated heterocycles. The van der Waals surface area contributed by atoms with Gasteiger partial charge in [-0.15, -0.1) is 0 Å². The van der Waals surface area contributed by atoms with Gasteiger partial charge < -0.3 is 11.1 Å². The first-order chi connectivity index (χ1) is 7.57. The Morgan fingerprint density at radius 1 is 1.06 bits per heavy atom. The largest absolute Gasteiger partial charge is 0.370 e. The van der Waals surface area contributed by atoms with Crippen LogP contribution in [0.4, 0.5) is 0 Å². The van der Waals surface area contributed by atoms with Crippen LogP contribution in [0.25, 0.3) is 0 Å². The minimum absolute atomic E-state index is 0.0859. The molecule has 0 saturated carbocycles. The van der Waals surface area contributed by atoms with Crippen LogP contribution in [0.5, 0.6) is 0 Å². The van der Waals surface area contributed by atoms with Crippen LogP contribution in [0.2, 0.25) is 0 Å². The minimum atomic E-state index is -0.555. The van der Waals surface area contributed by atoms with Crippen LogP contribution in [0.3, 0.4) is 0 Å². The van der Waals surface area contributed by atoms with Crippen LogP contribution < -0.4 is 11.1 Å². The third-order valence-electron chi connectivity index (χ3n) is 2.15. The van der Waals surface area contributed by atoms with E-state index in [2.05, 4.69) is 12.2 Å². The van der Waals surface area contributed by atoms with Gasteiger partial charge in [-0.1, -0.05) is 19.8 Å². The van der Waals surface area contributed by atoms with E-state index < -0.39 is 17.6 Å². The molecule has 5 heteroatoms. The van der Waals surface area contributed by atoms with E-state index in [-0.39, 0.29) is 12.8 Å². The molecule has 0 spiro atoms. The van der Waals surface area contributed by atoms with Gasteiger partial charge in [-0.3, -0.25) is 14.4 Å². The summed E-state index contributed by atoms with van der Waals surface area (Å²) in [4.78, 5) is 32.8. The number of rotatable bonds is 9. The van der Waals surface area contributed by atoms with Gasteiger partial charge in [0.2, 0.25) is 11.7 Å². The van der Waals surface area contributed by atoms with Gasteiger partial charge in [-0.25, -0.2) is 0 Å². The Hall–Kier alpha value is -1.39. The van der Waals surface area contributed by atoms with Gasteiger partial charge >= 0.3 is 0 Å². The van der Waals surface area contributed by atoms with E-state index in [1.54, 1.807) is 0 Å². The van der Waals surface area contributed by atoms with Crippen LogP contribution in [0, 0.1) is 0 Å². The SMILES string of the molecule is CCCCCNC(=O)C(=O)CCCC(N)=O. The van der Waals surface area contributed by atoms with Gasteiger partial charge in [-0.05, 0) is 12.8 Å². The van der Waals surface area contributed by atoms with Crippen molar-refractivity contribution in [1.29, 1.82) is 0 Å². The van der Waals surface area contributed by atoms with Gasteiger partial charge in [0.15, 0.2) is 0 Å². The Kier molecular flexibility index (Phi) is 8.11. The molecule has 3 N–H and O–H groups in total. The molecule has 0 rings (SSSR count). The maximum absolute atomic E-state index is 11.2. The lowest BCUT2D eigenvalue weighted by atomic mass is 10.1. The Balaban J connectivity index is 3.57. The molecule has 2 amide bonds. The first-order valence-electron chi connectivity index (χ1n) is 5.67. The zero-order valence-corrected chi connectivity index (χ0v) is 9.75. The van der Waals surface area contributed by atoms with Crippen LogP contribution in [0.15, 0.2) is 0 Å². The molecule has 0 atom stereocenters. The molecule has 0 aromatic rings. The van der Waals surface area contributed by atoms with Crippen molar-refractivity contribution in [2.45, 2.75) is 45.4 Å². The number of unbranched alkanes of at least 4 members (excludes halogenated alkanes) is 2. The molecule has 16 heavy (non-hydrogen) atoms. The van der Waals surface area contributed by atoms with Crippen LogP contribution in [0.1, 0.15) is 45.4 Å². The van der Waals surface area contributed by atoms with E-state index in [1.165, 1.54) is 0 Å².